The van der Waals surface area contributed by atoms with Gasteiger partial charge in [0.2, 0.25) is 0 Å². The quantitative estimate of drug-likeness (QED) is 0.884. The molecule has 1 unspecified atom stereocenters. The lowest BCUT2D eigenvalue weighted by Gasteiger charge is -2.34. The molecule has 5 heteroatoms. The smallest absolute Gasteiger partial charge is 0.257 e. The molecule has 4 nitrogen and oxygen atoms in total. The van der Waals surface area contributed by atoms with Crippen LogP contribution in [0.4, 0.5) is 4.39 Å². The largest absolute Gasteiger partial charge is 0.335 e. The number of carbonyl (C=O) groups is 1. The van der Waals surface area contributed by atoms with Crippen LogP contribution in [0.2, 0.25) is 0 Å². The highest BCUT2D eigenvalue weighted by molar-refractivity contribution is 5.94. The van der Waals surface area contributed by atoms with Crippen LogP contribution < -0.4 is 5.32 Å². The van der Waals surface area contributed by atoms with Crippen molar-refractivity contribution in [2.24, 2.45) is 0 Å². The number of nitrogens with zero attached hydrogens (tertiary/aromatic N) is 2. The monoisotopic (exact) mass is 251 g/mol. The summed E-state index contributed by atoms with van der Waals surface area (Å²) >= 11 is 0. The van der Waals surface area contributed by atoms with Crippen molar-refractivity contribution in [2.45, 2.75) is 25.8 Å². The molecule has 18 heavy (non-hydrogen) atoms. The minimum atomic E-state index is -0.551. The first-order chi connectivity index (χ1) is 8.74. The van der Waals surface area contributed by atoms with Crippen LogP contribution in [0.25, 0.3) is 0 Å². The van der Waals surface area contributed by atoms with Gasteiger partial charge in [-0.2, -0.15) is 0 Å². The summed E-state index contributed by atoms with van der Waals surface area (Å²) in [7, 11) is 0. The van der Waals surface area contributed by atoms with Gasteiger partial charge in [-0.25, -0.2) is 4.39 Å². The van der Waals surface area contributed by atoms with Crippen molar-refractivity contribution in [1.82, 2.24) is 15.2 Å². The van der Waals surface area contributed by atoms with E-state index in [1.165, 1.54) is 12.3 Å². The maximum Gasteiger partial charge on any atom is 0.257 e. The van der Waals surface area contributed by atoms with Crippen molar-refractivity contribution < 1.29 is 9.18 Å². The Balaban J connectivity index is 2.17. The Kier molecular flexibility index (Phi) is 4.25. The number of nitrogens with one attached hydrogen (secondary N) is 1. The second-order valence-corrected chi connectivity index (χ2v) is 4.45. The third kappa shape index (κ3) is 2.67. The molecule has 1 aliphatic heterocycles. The summed E-state index contributed by atoms with van der Waals surface area (Å²) in [4.78, 5) is 17.7. The third-order valence-corrected chi connectivity index (χ3v) is 3.32. The fourth-order valence-corrected chi connectivity index (χ4v) is 2.37. The van der Waals surface area contributed by atoms with Gasteiger partial charge in [-0.3, -0.25) is 9.78 Å². The molecule has 2 rings (SSSR count). The molecule has 0 bridgehead atoms. The van der Waals surface area contributed by atoms with Crippen molar-refractivity contribution in [3.63, 3.8) is 0 Å². The zero-order valence-electron chi connectivity index (χ0n) is 10.5. The maximum atomic E-state index is 13.6. The van der Waals surface area contributed by atoms with Crippen molar-refractivity contribution in [1.29, 1.82) is 0 Å². The highest BCUT2D eigenvalue weighted by atomic mass is 19.1. The highest BCUT2D eigenvalue weighted by Gasteiger charge is 2.26. The Bertz CT molecular complexity index is 418. The summed E-state index contributed by atoms with van der Waals surface area (Å²) in [5.74, 6) is -0.796. The Labute approximate surface area is 106 Å². The molecule has 0 saturated carbocycles. The van der Waals surface area contributed by atoms with E-state index in [1.54, 1.807) is 4.90 Å². The van der Waals surface area contributed by atoms with E-state index in [-0.39, 0.29) is 17.5 Å². The summed E-state index contributed by atoms with van der Waals surface area (Å²) in [6.45, 7) is 4.29. The lowest BCUT2D eigenvalue weighted by Crippen LogP contribution is -2.48. The van der Waals surface area contributed by atoms with Crippen LogP contribution in [0, 0.1) is 5.82 Å². The molecule has 0 aliphatic carbocycles. The van der Waals surface area contributed by atoms with Gasteiger partial charge in [0.15, 0.2) is 5.82 Å². The summed E-state index contributed by atoms with van der Waals surface area (Å²) in [6, 6.07) is 1.60. The average molecular weight is 251 g/mol. The van der Waals surface area contributed by atoms with E-state index in [4.69, 9.17) is 0 Å². The van der Waals surface area contributed by atoms with Crippen molar-refractivity contribution in [2.75, 3.05) is 19.6 Å². The summed E-state index contributed by atoms with van der Waals surface area (Å²) in [5, 5.41) is 3.27. The number of carbonyl (C=O) groups excluding carboxylic acids is 1. The molecule has 1 saturated heterocycles. The molecule has 0 aromatic carbocycles. The van der Waals surface area contributed by atoms with E-state index in [9.17, 15) is 9.18 Å². The molecule has 0 spiro atoms. The van der Waals surface area contributed by atoms with Gasteiger partial charge in [0.05, 0.1) is 11.8 Å². The molecule has 1 aromatic heterocycles. The second-order valence-electron chi connectivity index (χ2n) is 4.45. The third-order valence-electron chi connectivity index (χ3n) is 3.32. The molecule has 2 heterocycles. The molecule has 98 valence electrons. The number of aromatic nitrogens is 1. The van der Waals surface area contributed by atoms with Crippen LogP contribution in [-0.4, -0.2) is 41.5 Å². The van der Waals surface area contributed by atoms with Crippen molar-refractivity contribution in [3.8, 4) is 0 Å². The molecule has 1 N–H and O–H groups in total. The van der Waals surface area contributed by atoms with Gasteiger partial charge in [0.25, 0.3) is 5.91 Å². The number of piperidine rings is 1. The Morgan fingerprint density at radius 1 is 1.67 bits per heavy atom. The number of pyridine rings is 1. The van der Waals surface area contributed by atoms with Crippen molar-refractivity contribution in [3.05, 3.63) is 29.8 Å². The second kappa shape index (κ2) is 5.91. The Hall–Kier alpha value is -1.49. The molecule has 1 aliphatic rings. The van der Waals surface area contributed by atoms with Crippen LogP contribution in [0.3, 0.4) is 0 Å². The SMILES string of the molecule is CCN(C(=O)c1ccncc1F)C1CCCNC1. The van der Waals surface area contributed by atoms with E-state index in [2.05, 4.69) is 10.3 Å². The standard InChI is InChI=1S/C13H18FN3O/c1-2-17(10-4-3-6-15-8-10)13(18)11-5-7-16-9-12(11)14/h5,7,9-10,15H,2-4,6,8H2,1H3. The number of hydrogen-bond acceptors (Lipinski definition) is 3. The summed E-state index contributed by atoms with van der Waals surface area (Å²) in [6.07, 6.45) is 4.55. The lowest BCUT2D eigenvalue weighted by molar-refractivity contribution is 0.0657. The molecule has 0 radical (unpaired) electrons. The van der Waals surface area contributed by atoms with Gasteiger partial charge in [0, 0.05) is 25.3 Å². The summed E-state index contributed by atoms with van der Waals surface area (Å²) < 4.78 is 13.6. The molecular weight excluding hydrogens is 233 g/mol. The predicted molar refractivity (Wildman–Crippen MR) is 66.8 cm³/mol. The first-order valence-corrected chi connectivity index (χ1v) is 6.35. The molecule has 1 atom stereocenters. The van der Waals surface area contributed by atoms with Gasteiger partial charge in [-0.1, -0.05) is 0 Å². The molecule has 1 fully saturated rings. The van der Waals surface area contributed by atoms with Gasteiger partial charge in [-0.05, 0) is 32.4 Å². The Morgan fingerprint density at radius 2 is 2.50 bits per heavy atom. The van der Waals surface area contributed by atoms with Crippen LogP contribution in [-0.2, 0) is 0 Å². The van der Waals surface area contributed by atoms with Gasteiger partial charge in [0.1, 0.15) is 0 Å². The van der Waals surface area contributed by atoms with E-state index in [1.807, 2.05) is 6.92 Å². The molecule has 1 amide bonds. The fraction of sp³-hybridized carbons (Fsp3) is 0.538. The topological polar surface area (TPSA) is 45.2 Å². The number of rotatable bonds is 3. The van der Waals surface area contributed by atoms with E-state index >= 15 is 0 Å². The van der Waals surface area contributed by atoms with E-state index in [0.717, 1.165) is 32.1 Å². The van der Waals surface area contributed by atoms with Gasteiger partial charge < -0.3 is 10.2 Å². The number of halogens is 1. The minimum absolute atomic E-state index is 0.109. The minimum Gasteiger partial charge on any atom is -0.335 e. The molecule has 1 aromatic rings. The Morgan fingerprint density at radius 3 is 3.11 bits per heavy atom. The van der Waals surface area contributed by atoms with Crippen LogP contribution >= 0.6 is 0 Å². The lowest BCUT2D eigenvalue weighted by atomic mass is 10.0. The number of hydrogen-bond donors (Lipinski definition) is 1. The van der Waals surface area contributed by atoms with E-state index < -0.39 is 5.82 Å². The van der Waals surface area contributed by atoms with Crippen LogP contribution in [0.1, 0.15) is 30.1 Å². The van der Waals surface area contributed by atoms with E-state index in [0.29, 0.717) is 6.54 Å². The van der Waals surface area contributed by atoms with Gasteiger partial charge >= 0.3 is 0 Å². The zero-order chi connectivity index (χ0) is 13.0. The van der Waals surface area contributed by atoms with Crippen LogP contribution in [0.5, 0.6) is 0 Å². The number of amides is 1. The average Bonchev–Trinajstić information content (AvgIpc) is 2.41. The first kappa shape index (κ1) is 13.0. The highest BCUT2D eigenvalue weighted by Crippen LogP contribution is 2.15. The number of likely N-dealkylation sites (N-methyl/N-ethyl adjacent to an activating group) is 1. The van der Waals surface area contributed by atoms with Gasteiger partial charge in [-0.15, -0.1) is 0 Å². The first-order valence-electron chi connectivity index (χ1n) is 6.35. The summed E-state index contributed by atoms with van der Waals surface area (Å²) in [5.41, 5.74) is 0.109. The zero-order valence-corrected chi connectivity index (χ0v) is 10.5. The normalized spacial score (nSPS) is 19.6. The van der Waals surface area contributed by atoms with Crippen molar-refractivity contribution >= 4 is 5.91 Å². The van der Waals surface area contributed by atoms with Crippen LogP contribution in [0.15, 0.2) is 18.5 Å². The molecular formula is C13H18FN3O. The fourth-order valence-electron chi connectivity index (χ4n) is 2.37. The predicted octanol–water partition coefficient (Wildman–Crippen LogP) is 1.43. The maximum absolute atomic E-state index is 13.6.